The summed E-state index contributed by atoms with van der Waals surface area (Å²) in [7, 11) is 0. The van der Waals surface area contributed by atoms with E-state index in [0.717, 1.165) is 16.8 Å². The molecule has 0 aliphatic carbocycles. The van der Waals surface area contributed by atoms with Crippen LogP contribution in [-0.2, 0) is 0 Å². The minimum absolute atomic E-state index is 0.0143. The van der Waals surface area contributed by atoms with Gasteiger partial charge in [-0.05, 0) is 54.8 Å². The SMILES string of the molecule is Cc1cc(C)cc(NC(N)=NCC(O)c2ccc(Cl)c(F)c2)c1. The van der Waals surface area contributed by atoms with Crippen LogP contribution < -0.4 is 11.1 Å². The zero-order valence-corrected chi connectivity index (χ0v) is 13.7. The van der Waals surface area contributed by atoms with E-state index in [9.17, 15) is 9.50 Å². The van der Waals surface area contributed by atoms with Crippen LogP contribution in [0.4, 0.5) is 10.1 Å². The van der Waals surface area contributed by atoms with Crippen molar-refractivity contribution >= 4 is 23.2 Å². The van der Waals surface area contributed by atoms with Gasteiger partial charge >= 0.3 is 0 Å². The normalized spacial score (nSPS) is 13.0. The lowest BCUT2D eigenvalue weighted by atomic mass is 10.1. The largest absolute Gasteiger partial charge is 0.386 e. The molecule has 4 nitrogen and oxygen atoms in total. The van der Waals surface area contributed by atoms with Gasteiger partial charge in [-0.3, -0.25) is 4.99 Å². The van der Waals surface area contributed by atoms with Crippen molar-refractivity contribution in [3.05, 3.63) is 63.9 Å². The molecule has 1 atom stereocenters. The van der Waals surface area contributed by atoms with Gasteiger partial charge in [0.05, 0.1) is 17.7 Å². The van der Waals surface area contributed by atoms with E-state index >= 15 is 0 Å². The highest BCUT2D eigenvalue weighted by Gasteiger charge is 2.10. The fourth-order valence-corrected chi connectivity index (χ4v) is 2.36. The quantitative estimate of drug-likeness (QED) is 0.591. The fourth-order valence-electron chi connectivity index (χ4n) is 2.24. The van der Waals surface area contributed by atoms with Crippen LogP contribution in [0.15, 0.2) is 41.4 Å². The molecule has 0 aliphatic heterocycles. The summed E-state index contributed by atoms with van der Waals surface area (Å²) in [4.78, 5) is 4.09. The number of aryl methyl sites for hydroxylation is 2. The van der Waals surface area contributed by atoms with Gasteiger partial charge in [-0.1, -0.05) is 23.7 Å². The smallest absolute Gasteiger partial charge is 0.193 e. The summed E-state index contributed by atoms with van der Waals surface area (Å²) in [6.45, 7) is 4.00. The monoisotopic (exact) mass is 335 g/mol. The van der Waals surface area contributed by atoms with Crippen molar-refractivity contribution in [1.82, 2.24) is 0 Å². The van der Waals surface area contributed by atoms with E-state index < -0.39 is 11.9 Å². The molecular formula is C17H19ClFN3O. The van der Waals surface area contributed by atoms with E-state index in [0.29, 0.717) is 5.56 Å². The minimum Gasteiger partial charge on any atom is -0.386 e. The van der Waals surface area contributed by atoms with E-state index in [1.807, 2.05) is 26.0 Å². The predicted octanol–water partition coefficient (Wildman–Crippen LogP) is 3.56. The van der Waals surface area contributed by atoms with Crippen LogP contribution in [0.1, 0.15) is 22.8 Å². The lowest BCUT2D eigenvalue weighted by molar-refractivity contribution is 0.187. The number of nitrogens with two attached hydrogens (primary N) is 1. The van der Waals surface area contributed by atoms with Gasteiger partial charge in [0, 0.05) is 5.69 Å². The average molecular weight is 336 g/mol. The van der Waals surface area contributed by atoms with Crippen molar-refractivity contribution in [2.45, 2.75) is 20.0 Å². The number of halogens is 2. The Kier molecular flexibility index (Phi) is 5.58. The van der Waals surface area contributed by atoms with Crippen molar-refractivity contribution in [3.63, 3.8) is 0 Å². The van der Waals surface area contributed by atoms with Gasteiger partial charge in [0.1, 0.15) is 5.82 Å². The van der Waals surface area contributed by atoms with Crippen molar-refractivity contribution in [2.24, 2.45) is 10.7 Å². The highest BCUT2D eigenvalue weighted by molar-refractivity contribution is 6.30. The van der Waals surface area contributed by atoms with Crippen molar-refractivity contribution in [2.75, 3.05) is 11.9 Å². The van der Waals surface area contributed by atoms with Crippen LogP contribution in [0.2, 0.25) is 5.02 Å². The molecule has 2 rings (SSSR count). The Hall–Kier alpha value is -2.11. The molecule has 0 bridgehead atoms. The molecule has 122 valence electrons. The molecule has 2 aromatic carbocycles. The van der Waals surface area contributed by atoms with Crippen LogP contribution in [0.5, 0.6) is 0 Å². The number of aliphatic hydroxyl groups is 1. The molecule has 4 N–H and O–H groups in total. The van der Waals surface area contributed by atoms with Gasteiger partial charge in [-0.2, -0.15) is 0 Å². The van der Waals surface area contributed by atoms with Gasteiger partial charge in [0.2, 0.25) is 0 Å². The first-order chi connectivity index (χ1) is 10.8. The summed E-state index contributed by atoms with van der Waals surface area (Å²) in [5.74, 6) is -0.392. The Labute approximate surface area is 139 Å². The Balaban J connectivity index is 2.02. The molecule has 2 aromatic rings. The number of anilines is 1. The Morgan fingerprint density at radius 3 is 2.52 bits per heavy atom. The van der Waals surface area contributed by atoms with Crippen LogP contribution in [-0.4, -0.2) is 17.6 Å². The Morgan fingerprint density at radius 1 is 1.26 bits per heavy atom. The molecule has 1 unspecified atom stereocenters. The molecule has 0 saturated carbocycles. The maximum atomic E-state index is 13.4. The van der Waals surface area contributed by atoms with Crippen LogP contribution in [0.25, 0.3) is 0 Å². The highest BCUT2D eigenvalue weighted by Crippen LogP contribution is 2.20. The second kappa shape index (κ2) is 7.44. The van der Waals surface area contributed by atoms with Crippen molar-refractivity contribution in [1.29, 1.82) is 0 Å². The van der Waals surface area contributed by atoms with E-state index in [4.69, 9.17) is 17.3 Å². The number of aliphatic imine (C=N–C) groups is 1. The molecule has 0 heterocycles. The first-order valence-corrected chi connectivity index (χ1v) is 7.51. The summed E-state index contributed by atoms with van der Waals surface area (Å²) in [5, 5.41) is 13.0. The number of guanidine groups is 1. The number of nitrogens with zero attached hydrogens (tertiary/aromatic N) is 1. The van der Waals surface area contributed by atoms with Crippen LogP contribution in [0, 0.1) is 19.7 Å². The average Bonchev–Trinajstić information content (AvgIpc) is 2.46. The summed E-state index contributed by atoms with van der Waals surface area (Å²) >= 11 is 5.61. The van der Waals surface area contributed by atoms with Crippen molar-refractivity contribution in [3.8, 4) is 0 Å². The van der Waals surface area contributed by atoms with Gasteiger partial charge in [0.15, 0.2) is 5.96 Å². The van der Waals surface area contributed by atoms with E-state index in [-0.39, 0.29) is 17.5 Å². The third kappa shape index (κ3) is 4.94. The number of hydrogen-bond donors (Lipinski definition) is 3. The van der Waals surface area contributed by atoms with Gasteiger partial charge < -0.3 is 16.2 Å². The maximum Gasteiger partial charge on any atom is 0.193 e. The minimum atomic E-state index is -0.957. The summed E-state index contributed by atoms with van der Waals surface area (Å²) < 4.78 is 13.4. The van der Waals surface area contributed by atoms with Crippen LogP contribution >= 0.6 is 11.6 Å². The van der Waals surface area contributed by atoms with E-state index in [1.165, 1.54) is 12.1 Å². The Bertz CT molecular complexity index is 714. The topological polar surface area (TPSA) is 70.6 Å². The third-order valence-corrected chi connectivity index (χ3v) is 3.56. The zero-order valence-electron chi connectivity index (χ0n) is 13.0. The number of hydrogen-bond acceptors (Lipinski definition) is 2. The van der Waals surface area contributed by atoms with Gasteiger partial charge in [-0.25, -0.2) is 4.39 Å². The third-order valence-electron chi connectivity index (χ3n) is 3.26. The van der Waals surface area contributed by atoms with Crippen molar-refractivity contribution < 1.29 is 9.50 Å². The molecule has 0 aromatic heterocycles. The summed E-state index contributed by atoms with van der Waals surface area (Å²) in [5.41, 5.74) is 9.26. The lowest BCUT2D eigenvalue weighted by Gasteiger charge is -2.11. The number of nitrogens with one attached hydrogen (secondary N) is 1. The molecule has 0 fully saturated rings. The van der Waals surface area contributed by atoms with Gasteiger partial charge in [-0.15, -0.1) is 0 Å². The maximum absolute atomic E-state index is 13.4. The summed E-state index contributed by atoms with van der Waals surface area (Å²) in [6.07, 6.45) is -0.957. The first kappa shape index (κ1) is 17.2. The van der Waals surface area contributed by atoms with Crippen LogP contribution in [0.3, 0.4) is 0 Å². The zero-order chi connectivity index (χ0) is 17.0. The number of rotatable bonds is 4. The summed E-state index contributed by atoms with van der Waals surface area (Å²) in [6, 6.07) is 10.1. The molecule has 23 heavy (non-hydrogen) atoms. The Morgan fingerprint density at radius 2 is 1.91 bits per heavy atom. The highest BCUT2D eigenvalue weighted by atomic mass is 35.5. The molecular weight excluding hydrogens is 317 g/mol. The number of benzene rings is 2. The molecule has 6 heteroatoms. The van der Waals surface area contributed by atoms with E-state index in [1.54, 1.807) is 6.07 Å². The van der Waals surface area contributed by atoms with E-state index in [2.05, 4.69) is 16.4 Å². The first-order valence-electron chi connectivity index (χ1n) is 7.13. The molecule has 0 saturated heterocycles. The fraction of sp³-hybridized carbons (Fsp3) is 0.235. The number of aliphatic hydroxyl groups excluding tert-OH is 1. The predicted molar refractivity (Wildman–Crippen MR) is 92.4 cm³/mol. The molecule has 0 amide bonds. The standard InChI is InChI=1S/C17H19ClFN3O/c1-10-5-11(2)7-13(6-10)22-17(20)21-9-16(23)12-3-4-14(18)15(19)8-12/h3-8,16,23H,9H2,1-2H3,(H3,20,21,22). The van der Waals surface area contributed by atoms with Gasteiger partial charge in [0.25, 0.3) is 0 Å². The second-order valence-corrected chi connectivity index (χ2v) is 5.82. The molecule has 0 aliphatic rings. The molecule has 0 radical (unpaired) electrons. The molecule has 0 spiro atoms. The lowest BCUT2D eigenvalue weighted by Crippen LogP contribution is -2.23. The second-order valence-electron chi connectivity index (χ2n) is 5.42.